The summed E-state index contributed by atoms with van der Waals surface area (Å²) in [6.45, 7) is 0. The SMILES string of the molecule is c1ccc(-c2cccc(N(c3ccccc3)c3ccc4c5c(c6ccccc6c4c3)-c3ccc4ccccc4c3C53c4ccccc4-c4ccccc43)c2)cc1. The lowest BCUT2D eigenvalue weighted by atomic mass is 9.68. The first kappa shape index (κ1) is 31.2. The van der Waals surface area contributed by atoms with Crippen molar-refractivity contribution in [2.45, 2.75) is 5.41 Å². The van der Waals surface area contributed by atoms with Crippen LogP contribution >= 0.6 is 0 Å². The highest BCUT2D eigenvalue weighted by molar-refractivity contribution is 6.22. The second kappa shape index (κ2) is 11.9. The molecule has 56 heavy (non-hydrogen) atoms. The van der Waals surface area contributed by atoms with Crippen LogP contribution in [0.15, 0.2) is 212 Å². The fourth-order valence-corrected chi connectivity index (χ4v) is 10.2. The molecule has 0 bridgehead atoms. The second-order valence-electron chi connectivity index (χ2n) is 15.2. The Labute approximate surface area is 326 Å². The summed E-state index contributed by atoms with van der Waals surface area (Å²) < 4.78 is 0. The van der Waals surface area contributed by atoms with Crippen LogP contribution in [0, 0.1) is 0 Å². The first-order chi connectivity index (χ1) is 27.8. The molecule has 0 radical (unpaired) electrons. The lowest BCUT2D eigenvalue weighted by Gasteiger charge is -2.33. The van der Waals surface area contributed by atoms with Crippen molar-refractivity contribution in [2.75, 3.05) is 4.90 Å². The maximum Gasteiger partial charge on any atom is 0.0737 e. The summed E-state index contributed by atoms with van der Waals surface area (Å²) in [4.78, 5) is 2.41. The van der Waals surface area contributed by atoms with Crippen LogP contribution in [0.1, 0.15) is 22.3 Å². The van der Waals surface area contributed by atoms with E-state index in [0.29, 0.717) is 0 Å². The molecule has 0 heterocycles. The van der Waals surface area contributed by atoms with Gasteiger partial charge < -0.3 is 4.90 Å². The normalized spacial score (nSPS) is 13.1. The van der Waals surface area contributed by atoms with Gasteiger partial charge in [-0.05, 0) is 124 Å². The molecule has 0 N–H and O–H groups in total. The molecule has 1 heteroatoms. The van der Waals surface area contributed by atoms with Crippen molar-refractivity contribution in [3.63, 3.8) is 0 Å². The average Bonchev–Trinajstić information content (AvgIpc) is 3.75. The van der Waals surface area contributed by atoms with E-state index in [2.05, 4.69) is 217 Å². The largest absolute Gasteiger partial charge is 0.310 e. The van der Waals surface area contributed by atoms with Crippen molar-refractivity contribution in [3.8, 4) is 33.4 Å². The Bertz CT molecular complexity index is 3150. The zero-order valence-electron chi connectivity index (χ0n) is 30.7. The molecule has 0 saturated carbocycles. The molecular formula is C55H35N. The molecule has 260 valence electrons. The maximum atomic E-state index is 2.45. The molecule has 0 aromatic heterocycles. The summed E-state index contributed by atoms with van der Waals surface area (Å²) in [5.41, 5.74) is 16.1. The number of rotatable bonds is 4. The smallest absolute Gasteiger partial charge is 0.0737 e. The molecule has 1 spiro atoms. The number of anilines is 3. The summed E-state index contributed by atoms with van der Waals surface area (Å²) in [6.07, 6.45) is 0. The highest BCUT2D eigenvalue weighted by Crippen LogP contribution is 2.66. The van der Waals surface area contributed by atoms with Crippen molar-refractivity contribution in [1.29, 1.82) is 0 Å². The van der Waals surface area contributed by atoms with Crippen LogP contribution in [-0.4, -0.2) is 0 Å². The van der Waals surface area contributed by atoms with Gasteiger partial charge in [0.15, 0.2) is 0 Å². The Morgan fingerprint density at radius 2 is 0.893 bits per heavy atom. The van der Waals surface area contributed by atoms with Gasteiger partial charge in [0.2, 0.25) is 0 Å². The molecule has 12 rings (SSSR count). The summed E-state index contributed by atoms with van der Waals surface area (Å²) in [5, 5.41) is 7.70. The average molecular weight is 710 g/mol. The number of benzene rings is 10. The third kappa shape index (κ3) is 4.20. The number of nitrogens with zero attached hydrogens (tertiary/aromatic N) is 1. The number of hydrogen-bond donors (Lipinski definition) is 0. The highest BCUT2D eigenvalue weighted by atomic mass is 15.1. The lowest BCUT2D eigenvalue weighted by molar-refractivity contribution is 0.809. The van der Waals surface area contributed by atoms with Crippen molar-refractivity contribution in [3.05, 3.63) is 235 Å². The van der Waals surface area contributed by atoms with Crippen LogP contribution in [0.5, 0.6) is 0 Å². The van der Waals surface area contributed by atoms with E-state index in [-0.39, 0.29) is 0 Å². The molecule has 1 nitrogen and oxygen atoms in total. The minimum absolute atomic E-state index is 0.494. The Hall–Kier alpha value is -7.22. The van der Waals surface area contributed by atoms with Gasteiger partial charge in [-0.25, -0.2) is 0 Å². The van der Waals surface area contributed by atoms with E-state index in [1.807, 2.05) is 0 Å². The van der Waals surface area contributed by atoms with E-state index in [1.54, 1.807) is 0 Å². The molecule has 2 aliphatic carbocycles. The van der Waals surface area contributed by atoms with Crippen LogP contribution in [0.4, 0.5) is 17.1 Å². The number of hydrogen-bond acceptors (Lipinski definition) is 1. The van der Waals surface area contributed by atoms with Gasteiger partial charge in [0.1, 0.15) is 0 Å². The van der Waals surface area contributed by atoms with Gasteiger partial charge in [-0.15, -0.1) is 0 Å². The van der Waals surface area contributed by atoms with Crippen LogP contribution in [0.3, 0.4) is 0 Å². The molecule has 10 aromatic carbocycles. The summed E-state index contributed by atoms with van der Waals surface area (Å²) in [6, 6.07) is 78.7. The lowest BCUT2D eigenvalue weighted by Crippen LogP contribution is -2.26. The van der Waals surface area contributed by atoms with Gasteiger partial charge in [0.05, 0.1) is 5.41 Å². The Morgan fingerprint density at radius 3 is 1.66 bits per heavy atom. The van der Waals surface area contributed by atoms with Gasteiger partial charge in [0, 0.05) is 17.1 Å². The van der Waals surface area contributed by atoms with Gasteiger partial charge in [-0.1, -0.05) is 176 Å². The van der Waals surface area contributed by atoms with E-state index in [4.69, 9.17) is 0 Å². The predicted octanol–water partition coefficient (Wildman–Crippen LogP) is 14.6. The number of fused-ring (bicyclic) bond motifs is 17. The molecule has 0 unspecified atom stereocenters. The van der Waals surface area contributed by atoms with E-state index >= 15 is 0 Å². The van der Waals surface area contributed by atoms with E-state index in [0.717, 1.165) is 17.1 Å². The Balaban J connectivity index is 1.20. The molecule has 0 fully saturated rings. The van der Waals surface area contributed by atoms with Crippen LogP contribution in [-0.2, 0) is 5.41 Å². The molecule has 2 aliphatic rings. The van der Waals surface area contributed by atoms with Crippen molar-refractivity contribution >= 4 is 49.4 Å². The maximum absolute atomic E-state index is 2.45. The van der Waals surface area contributed by atoms with E-state index in [9.17, 15) is 0 Å². The van der Waals surface area contributed by atoms with Gasteiger partial charge in [0.25, 0.3) is 0 Å². The van der Waals surface area contributed by atoms with Crippen molar-refractivity contribution < 1.29 is 0 Å². The van der Waals surface area contributed by atoms with Gasteiger partial charge in [-0.3, -0.25) is 0 Å². The molecule has 0 saturated heterocycles. The Kier molecular flexibility index (Phi) is 6.62. The number of para-hydroxylation sites is 1. The van der Waals surface area contributed by atoms with Crippen LogP contribution < -0.4 is 4.90 Å². The zero-order chi connectivity index (χ0) is 36.8. The third-order valence-corrected chi connectivity index (χ3v) is 12.4. The second-order valence-corrected chi connectivity index (χ2v) is 15.2. The van der Waals surface area contributed by atoms with Gasteiger partial charge in [-0.2, -0.15) is 0 Å². The summed E-state index contributed by atoms with van der Waals surface area (Å²) in [7, 11) is 0. The van der Waals surface area contributed by atoms with Gasteiger partial charge >= 0.3 is 0 Å². The Morgan fingerprint density at radius 1 is 0.304 bits per heavy atom. The minimum atomic E-state index is -0.494. The van der Waals surface area contributed by atoms with E-state index in [1.165, 1.54) is 88.0 Å². The molecule has 10 aromatic rings. The minimum Gasteiger partial charge on any atom is -0.310 e. The monoisotopic (exact) mass is 709 g/mol. The fraction of sp³-hybridized carbons (Fsp3) is 0.0182. The van der Waals surface area contributed by atoms with Crippen LogP contribution in [0.2, 0.25) is 0 Å². The molecule has 0 aliphatic heterocycles. The molecule has 0 amide bonds. The fourth-order valence-electron chi connectivity index (χ4n) is 10.2. The van der Waals surface area contributed by atoms with E-state index < -0.39 is 5.41 Å². The topological polar surface area (TPSA) is 3.24 Å². The van der Waals surface area contributed by atoms with Crippen molar-refractivity contribution in [2.24, 2.45) is 0 Å². The summed E-state index contributed by atoms with van der Waals surface area (Å²) in [5.74, 6) is 0. The van der Waals surface area contributed by atoms with Crippen LogP contribution in [0.25, 0.3) is 65.7 Å². The van der Waals surface area contributed by atoms with Crippen molar-refractivity contribution in [1.82, 2.24) is 0 Å². The molecule has 0 atom stereocenters. The highest BCUT2D eigenvalue weighted by Gasteiger charge is 2.53. The standard InChI is InChI=1S/C55H35N/c1-3-16-36(17-4-1)38-19-15-22-40(34-38)56(39-20-5-2-6-21-39)41-31-33-47-49(35-41)43-24-9-10-27-46(43)52-48-32-30-37-18-7-8-23-42(37)53(48)55(54(47)52)50-28-13-11-25-44(50)45-26-12-14-29-51(45)55/h1-35H. The summed E-state index contributed by atoms with van der Waals surface area (Å²) >= 11 is 0. The third-order valence-electron chi connectivity index (χ3n) is 12.4. The molecular weight excluding hydrogens is 675 g/mol. The first-order valence-corrected chi connectivity index (χ1v) is 19.5. The first-order valence-electron chi connectivity index (χ1n) is 19.5. The predicted molar refractivity (Wildman–Crippen MR) is 235 cm³/mol. The quantitative estimate of drug-likeness (QED) is 0.164. The zero-order valence-corrected chi connectivity index (χ0v) is 30.7.